The first-order valence-electron chi connectivity index (χ1n) is 4.32. The zero-order valence-electron chi connectivity index (χ0n) is 8.37. The van der Waals surface area contributed by atoms with Crippen LogP contribution in [-0.2, 0) is 11.3 Å². The molecule has 0 saturated heterocycles. The summed E-state index contributed by atoms with van der Waals surface area (Å²) in [5.41, 5.74) is 7.06. The minimum absolute atomic E-state index is 0.133. The molecule has 0 aliphatic heterocycles. The fraction of sp³-hybridized carbons (Fsp3) is 0.500. The van der Waals surface area contributed by atoms with Gasteiger partial charge in [0.15, 0.2) is 0 Å². The van der Waals surface area contributed by atoms with Crippen molar-refractivity contribution in [2.75, 3.05) is 5.73 Å². The van der Waals surface area contributed by atoms with Crippen LogP contribution in [0.1, 0.15) is 26.5 Å². The number of ether oxygens (including phenoxy) is 1. The molecule has 0 radical (unpaired) electrons. The first-order valence-corrected chi connectivity index (χ1v) is 4.32. The van der Waals surface area contributed by atoms with Gasteiger partial charge in [0.05, 0.1) is 17.9 Å². The van der Waals surface area contributed by atoms with Crippen LogP contribution in [0.4, 0.5) is 5.69 Å². The van der Waals surface area contributed by atoms with Crippen LogP contribution in [-0.4, -0.2) is 10.6 Å². The normalized spacial score (nSPS) is 11.6. The lowest BCUT2D eigenvalue weighted by Crippen LogP contribution is -2.19. The average molecular weight is 180 g/mol. The smallest absolute Gasteiger partial charge is 0.0895 e. The Hall–Kier alpha value is -1.09. The SMILES string of the molecule is CC(C)(C)OCc1cc(N)ccn1. The Labute approximate surface area is 78.9 Å². The molecule has 1 aromatic heterocycles. The molecule has 1 rings (SSSR count). The Bertz CT molecular complexity index is 278. The zero-order valence-corrected chi connectivity index (χ0v) is 8.37. The summed E-state index contributed by atoms with van der Waals surface area (Å²) in [7, 11) is 0. The Morgan fingerprint density at radius 1 is 1.46 bits per heavy atom. The standard InChI is InChI=1S/C10H16N2O/c1-10(2,3)13-7-9-6-8(11)4-5-12-9/h4-6H,7H2,1-3H3,(H2,11,12). The third-order valence-corrected chi connectivity index (χ3v) is 1.49. The number of hydrogen-bond donors (Lipinski definition) is 1. The highest BCUT2D eigenvalue weighted by Crippen LogP contribution is 2.11. The van der Waals surface area contributed by atoms with Gasteiger partial charge < -0.3 is 10.5 Å². The molecule has 0 amide bonds. The fourth-order valence-electron chi connectivity index (χ4n) is 0.866. The number of nitrogens with two attached hydrogens (primary N) is 1. The van der Waals surface area contributed by atoms with E-state index in [4.69, 9.17) is 10.5 Å². The maximum absolute atomic E-state index is 5.60. The molecule has 0 bridgehead atoms. The van der Waals surface area contributed by atoms with E-state index in [9.17, 15) is 0 Å². The van der Waals surface area contributed by atoms with E-state index in [0.29, 0.717) is 6.61 Å². The zero-order chi connectivity index (χ0) is 9.90. The predicted molar refractivity (Wildman–Crippen MR) is 53.2 cm³/mol. The third kappa shape index (κ3) is 3.90. The number of nitrogens with zero attached hydrogens (tertiary/aromatic N) is 1. The van der Waals surface area contributed by atoms with Crippen LogP contribution in [0.15, 0.2) is 18.3 Å². The van der Waals surface area contributed by atoms with Gasteiger partial charge in [-0.25, -0.2) is 0 Å². The van der Waals surface area contributed by atoms with Gasteiger partial charge in [0.1, 0.15) is 0 Å². The van der Waals surface area contributed by atoms with E-state index in [1.807, 2.05) is 26.8 Å². The van der Waals surface area contributed by atoms with E-state index in [0.717, 1.165) is 11.4 Å². The van der Waals surface area contributed by atoms with Crippen molar-refractivity contribution in [1.29, 1.82) is 0 Å². The number of rotatable bonds is 2. The van der Waals surface area contributed by atoms with E-state index in [2.05, 4.69) is 4.98 Å². The lowest BCUT2D eigenvalue weighted by Gasteiger charge is -2.19. The lowest BCUT2D eigenvalue weighted by molar-refractivity contribution is -0.0164. The molecule has 2 N–H and O–H groups in total. The van der Waals surface area contributed by atoms with E-state index in [-0.39, 0.29) is 5.60 Å². The minimum atomic E-state index is -0.133. The number of nitrogen functional groups attached to an aromatic ring is 1. The molecule has 0 atom stereocenters. The topological polar surface area (TPSA) is 48.1 Å². The highest BCUT2D eigenvalue weighted by atomic mass is 16.5. The summed E-state index contributed by atoms with van der Waals surface area (Å²) in [6, 6.07) is 3.59. The molecule has 13 heavy (non-hydrogen) atoms. The van der Waals surface area contributed by atoms with Gasteiger partial charge >= 0.3 is 0 Å². The molecule has 1 heterocycles. The van der Waals surface area contributed by atoms with Crippen molar-refractivity contribution in [2.45, 2.75) is 33.0 Å². The molecule has 3 heteroatoms. The van der Waals surface area contributed by atoms with Gasteiger partial charge in [0, 0.05) is 11.9 Å². The van der Waals surface area contributed by atoms with Crippen molar-refractivity contribution in [3.05, 3.63) is 24.0 Å². The molecule has 0 spiro atoms. The van der Waals surface area contributed by atoms with E-state index < -0.39 is 0 Å². The van der Waals surface area contributed by atoms with Gasteiger partial charge in [-0.15, -0.1) is 0 Å². The summed E-state index contributed by atoms with van der Waals surface area (Å²) in [6.07, 6.45) is 1.69. The quantitative estimate of drug-likeness (QED) is 0.757. The van der Waals surface area contributed by atoms with E-state index >= 15 is 0 Å². The lowest BCUT2D eigenvalue weighted by atomic mass is 10.2. The van der Waals surface area contributed by atoms with Crippen LogP contribution in [0, 0.1) is 0 Å². The summed E-state index contributed by atoms with van der Waals surface area (Å²) >= 11 is 0. The van der Waals surface area contributed by atoms with Crippen molar-refractivity contribution < 1.29 is 4.74 Å². The summed E-state index contributed by atoms with van der Waals surface area (Å²) < 4.78 is 5.55. The number of pyridine rings is 1. The maximum Gasteiger partial charge on any atom is 0.0895 e. The molecule has 72 valence electrons. The van der Waals surface area contributed by atoms with Crippen LogP contribution in [0.2, 0.25) is 0 Å². The maximum atomic E-state index is 5.60. The monoisotopic (exact) mass is 180 g/mol. The van der Waals surface area contributed by atoms with Crippen molar-refractivity contribution in [3.63, 3.8) is 0 Å². The molecule has 0 saturated carbocycles. The largest absolute Gasteiger partial charge is 0.399 e. The Balaban J connectivity index is 2.55. The molecule has 0 fully saturated rings. The minimum Gasteiger partial charge on any atom is -0.399 e. The summed E-state index contributed by atoms with van der Waals surface area (Å²) in [5, 5.41) is 0. The second kappa shape index (κ2) is 3.75. The second-order valence-corrected chi connectivity index (χ2v) is 3.98. The Morgan fingerprint density at radius 3 is 2.69 bits per heavy atom. The fourth-order valence-corrected chi connectivity index (χ4v) is 0.866. The summed E-state index contributed by atoms with van der Waals surface area (Å²) in [5.74, 6) is 0. The molecule has 0 unspecified atom stereocenters. The van der Waals surface area contributed by atoms with Crippen LogP contribution in [0.3, 0.4) is 0 Å². The first-order chi connectivity index (χ1) is 5.97. The highest BCUT2D eigenvalue weighted by Gasteiger charge is 2.10. The van der Waals surface area contributed by atoms with E-state index in [1.165, 1.54) is 0 Å². The van der Waals surface area contributed by atoms with Crippen molar-refractivity contribution >= 4 is 5.69 Å². The van der Waals surface area contributed by atoms with Gasteiger partial charge in [-0.1, -0.05) is 0 Å². The number of hydrogen-bond acceptors (Lipinski definition) is 3. The van der Waals surface area contributed by atoms with Gasteiger partial charge in [-0.3, -0.25) is 4.98 Å². The van der Waals surface area contributed by atoms with Crippen LogP contribution in [0.25, 0.3) is 0 Å². The molecule has 3 nitrogen and oxygen atoms in total. The third-order valence-electron chi connectivity index (χ3n) is 1.49. The molecule has 0 aliphatic rings. The first kappa shape index (κ1) is 9.99. The van der Waals surface area contributed by atoms with E-state index in [1.54, 1.807) is 12.3 Å². The van der Waals surface area contributed by atoms with Gasteiger partial charge in [0.2, 0.25) is 0 Å². The van der Waals surface area contributed by atoms with Crippen molar-refractivity contribution in [1.82, 2.24) is 4.98 Å². The highest BCUT2D eigenvalue weighted by molar-refractivity contribution is 5.36. The Kier molecular flexibility index (Phi) is 2.88. The second-order valence-electron chi connectivity index (χ2n) is 3.98. The average Bonchev–Trinajstić information content (AvgIpc) is 2.00. The molecule has 1 aromatic rings. The van der Waals surface area contributed by atoms with Gasteiger partial charge in [-0.05, 0) is 32.9 Å². The summed E-state index contributed by atoms with van der Waals surface area (Å²) in [6.45, 7) is 6.55. The van der Waals surface area contributed by atoms with Crippen LogP contribution in [0.5, 0.6) is 0 Å². The number of anilines is 1. The molecule has 0 aromatic carbocycles. The predicted octanol–water partition coefficient (Wildman–Crippen LogP) is 1.98. The Morgan fingerprint density at radius 2 is 2.15 bits per heavy atom. The summed E-state index contributed by atoms with van der Waals surface area (Å²) in [4.78, 5) is 4.14. The molecular weight excluding hydrogens is 164 g/mol. The van der Waals surface area contributed by atoms with Crippen LogP contribution >= 0.6 is 0 Å². The van der Waals surface area contributed by atoms with Crippen LogP contribution < -0.4 is 5.73 Å². The molecule has 0 aliphatic carbocycles. The van der Waals surface area contributed by atoms with Gasteiger partial charge in [-0.2, -0.15) is 0 Å². The molecular formula is C10H16N2O. The van der Waals surface area contributed by atoms with Crippen molar-refractivity contribution in [2.24, 2.45) is 0 Å². The van der Waals surface area contributed by atoms with Gasteiger partial charge in [0.25, 0.3) is 0 Å². The number of aromatic nitrogens is 1. The van der Waals surface area contributed by atoms with Crippen molar-refractivity contribution in [3.8, 4) is 0 Å².